The number of halogens is 3. The fraction of sp³-hybridized carbons (Fsp3) is 0.250. The van der Waals surface area contributed by atoms with Crippen LogP contribution in [0.2, 0.25) is 15.1 Å². The number of benzene rings is 1. The van der Waals surface area contributed by atoms with E-state index in [9.17, 15) is 4.79 Å². The molecule has 0 aliphatic heterocycles. The van der Waals surface area contributed by atoms with E-state index in [1.54, 1.807) is 36.7 Å². The van der Waals surface area contributed by atoms with Gasteiger partial charge >= 0.3 is 0 Å². The maximum atomic E-state index is 12.4. The molecule has 7 nitrogen and oxygen atoms in total. The minimum Gasteiger partial charge on any atom is -0.291 e. The zero-order valence-electron chi connectivity index (χ0n) is 13.9. The second kappa shape index (κ2) is 7.65. The Balaban J connectivity index is 1.70. The van der Waals surface area contributed by atoms with Gasteiger partial charge < -0.3 is 0 Å². The van der Waals surface area contributed by atoms with E-state index in [1.807, 2.05) is 0 Å². The van der Waals surface area contributed by atoms with Crippen molar-refractivity contribution in [3.63, 3.8) is 0 Å². The van der Waals surface area contributed by atoms with Gasteiger partial charge in [-0.15, -0.1) is 5.10 Å². The van der Waals surface area contributed by atoms with Crippen molar-refractivity contribution >= 4 is 46.7 Å². The van der Waals surface area contributed by atoms with Crippen molar-refractivity contribution < 1.29 is 4.79 Å². The number of carbonyl (C=O) groups is 1. The Morgan fingerprint density at radius 1 is 1.23 bits per heavy atom. The molecule has 2 heterocycles. The molecular weight excluding hydrogens is 399 g/mol. The maximum Gasteiger partial charge on any atom is 0.251 e. The highest BCUT2D eigenvalue weighted by molar-refractivity contribution is 6.36. The minimum atomic E-state index is -0.563. The van der Waals surface area contributed by atoms with E-state index in [4.69, 9.17) is 34.8 Å². The van der Waals surface area contributed by atoms with Gasteiger partial charge in [-0.1, -0.05) is 40.9 Å². The summed E-state index contributed by atoms with van der Waals surface area (Å²) >= 11 is 18.3. The van der Waals surface area contributed by atoms with Gasteiger partial charge in [-0.25, -0.2) is 9.67 Å². The summed E-state index contributed by atoms with van der Waals surface area (Å²) in [5.41, 5.74) is 1.44. The Morgan fingerprint density at radius 2 is 1.92 bits per heavy atom. The molecule has 2 aromatic heterocycles. The molecule has 0 bridgehead atoms. The molecule has 0 fully saturated rings. The number of rotatable bonds is 5. The molecule has 0 spiro atoms. The lowest BCUT2D eigenvalue weighted by molar-refractivity contribution is -0.119. The monoisotopic (exact) mass is 412 g/mol. The van der Waals surface area contributed by atoms with Gasteiger partial charge in [-0.05, 0) is 26.0 Å². The van der Waals surface area contributed by atoms with Crippen LogP contribution in [0.4, 0.5) is 5.95 Å². The number of nitrogens with one attached hydrogen (secondary N) is 1. The molecule has 26 heavy (non-hydrogen) atoms. The van der Waals surface area contributed by atoms with Gasteiger partial charge in [0, 0.05) is 15.6 Å². The Bertz CT molecular complexity index is 931. The quantitative estimate of drug-likeness (QED) is 0.686. The van der Waals surface area contributed by atoms with Crippen LogP contribution in [0.1, 0.15) is 24.2 Å². The van der Waals surface area contributed by atoms with Crippen molar-refractivity contribution in [3.8, 4) is 0 Å². The van der Waals surface area contributed by atoms with Crippen LogP contribution in [0, 0.1) is 6.92 Å². The largest absolute Gasteiger partial charge is 0.291 e. The van der Waals surface area contributed by atoms with Crippen LogP contribution < -0.4 is 5.32 Å². The van der Waals surface area contributed by atoms with Crippen molar-refractivity contribution in [1.29, 1.82) is 0 Å². The fourth-order valence-corrected chi connectivity index (χ4v) is 3.04. The summed E-state index contributed by atoms with van der Waals surface area (Å²) in [7, 11) is 0. The lowest BCUT2D eigenvalue weighted by atomic mass is 10.2. The van der Waals surface area contributed by atoms with E-state index in [-0.39, 0.29) is 11.9 Å². The van der Waals surface area contributed by atoms with E-state index in [0.717, 1.165) is 5.56 Å². The van der Waals surface area contributed by atoms with E-state index >= 15 is 0 Å². The predicted molar refractivity (Wildman–Crippen MR) is 101 cm³/mol. The normalized spacial score (nSPS) is 12.2. The summed E-state index contributed by atoms with van der Waals surface area (Å²) in [4.78, 5) is 16.5. The summed E-state index contributed by atoms with van der Waals surface area (Å²) in [6.07, 6.45) is 3.00. The Hall–Kier alpha value is -2.09. The Morgan fingerprint density at radius 3 is 2.54 bits per heavy atom. The fourth-order valence-electron chi connectivity index (χ4n) is 2.39. The highest BCUT2D eigenvalue weighted by Gasteiger charge is 2.20. The number of amides is 1. The first-order valence-electron chi connectivity index (χ1n) is 7.69. The number of hydrogen-bond donors (Lipinski definition) is 1. The van der Waals surface area contributed by atoms with E-state index in [0.29, 0.717) is 27.3 Å². The zero-order chi connectivity index (χ0) is 18.8. The van der Waals surface area contributed by atoms with Crippen molar-refractivity contribution in [2.75, 3.05) is 5.32 Å². The van der Waals surface area contributed by atoms with E-state index < -0.39 is 6.04 Å². The third kappa shape index (κ3) is 3.85. The van der Waals surface area contributed by atoms with Crippen molar-refractivity contribution in [2.45, 2.75) is 26.4 Å². The molecule has 10 heteroatoms. The summed E-state index contributed by atoms with van der Waals surface area (Å²) in [5.74, 6) is -0.123. The van der Waals surface area contributed by atoms with Gasteiger partial charge in [0.05, 0.1) is 23.5 Å². The van der Waals surface area contributed by atoms with Gasteiger partial charge in [0.15, 0.2) is 0 Å². The third-order valence-electron chi connectivity index (χ3n) is 3.88. The maximum absolute atomic E-state index is 12.4. The molecule has 3 rings (SSSR count). The highest BCUT2D eigenvalue weighted by atomic mass is 35.5. The van der Waals surface area contributed by atoms with Crippen LogP contribution >= 0.6 is 34.8 Å². The smallest absolute Gasteiger partial charge is 0.251 e. The SMILES string of the molecule is Cc1c(Cl)cnn1C(C)C(=O)Nc1ncn(Cc2c(Cl)cccc2Cl)n1. The average Bonchev–Trinajstić information content (AvgIpc) is 3.18. The predicted octanol–water partition coefficient (Wildman–Crippen LogP) is 3.99. The molecule has 1 amide bonds. The Labute approximate surface area is 164 Å². The molecular formula is C16H15Cl3N6O. The van der Waals surface area contributed by atoms with Crippen LogP contribution in [0.3, 0.4) is 0 Å². The number of aromatic nitrogens is 5. The molecule has 0 saturated carbocycles. The Kier molecular flexibility index (Phi) is 5.50. The van der Waals surface area contributed by atoms with E-state index in [2.05, 4.69) is 20.5 Å². The zero-order valence-corrected chi connectivity index (χ0v) is 16.2. The molecule has 1 unspecified atom stereocenters. The molecule has 3 aromatic rings. The number of carbonyl (C=O) groups excluding carboxylic acids is 1. The van der Waals surface area contributed by atoms with Gasteiger partial charge in [0.1, 0.15) is 12.4 Å². The highest BCUT2D eigenvalue weighted by Crippen LogP contribution is 2.25. The van der Waals surface area contributed by atoms with Crippen molar-refractivity contribution in [1.82, 2.24) is 24.5 Å². The average molecular weight is 414 g/mol. The summed E-state index contributed by atoms with van der Waals surface area (Å²) in [5, 5.41) is 12.6. The van der Waals surface area contributed by atoms with Crippen molar-refractivity contribution in [3.05, 3.63) is 57.0 Å². The molecule has 0 aliphatic rings. The standard InChI is InChI=1S/C16H15Cl3N6O/c1-9-14(19)6-21-25(9)10(2)15(26)22-16-20-8-24(23-16)7-11-12(17)4-3-5-13(11)18/h3-6,8,10H,7H2,1-2H3,(H,22,23,26). The number of hydrogen-bond acceptors (Lipinski definition) is 4. The van der Waals surface area contributed by atoms with Crippen molar-refractivity contribution in [2.24, 2.45) is 0 Å². The summed E-state index contributed by atoms with van der Waals surface area (Å²) in [6.45, 7) is 3.84. The first-order valence-corrected chi connectivity index (χ1v) is 8.83. The molecule has 1 atom stereocenters. The molecule has 0 radical (unpaired) electrons. The first-order chi connectivity index (χ1) is 12.4. The molecule has 1 N–H and O–H groups in total. The second-order valence-corrected chi connectivity index (χ2v) is 6.88. The van der Waals surface area contributed by atoms with Gasteiger partial charge in [-0.3, -0.25) is 14.8 Å². The molecule has 136 valence electrons. The van der Waals surface area contributed by atoms with Crippen LogP contribution in [0.15, 0.2) is 30.7 Å². The number of nitrogens with zero attached hydrogens (tertiary/aromatic N) is 5. The molecule has 1 aromatic carbocycles. The number of anilines is 1. The third-order valence-corrected chi connectivity index (χ3v) is 4.96. The molecule has 0 saturated heterocycles. The lowest BCUT2D eigenvalue weighted by Crippen LogP contribution is -2.25. The van der Waals surface area contributed by atoms with Gasteiger partial charge in [-0.2, -0.15) is 5.10 Å². The van der Waals surface area contributed by atoms with E-state index in [1.165, 1.54) is 17.2 Å². The van der Waals surface area contributed by atoms with Crippen LogP contribution in [-0.4, -0.2) is 30.5 Å². The van der Waals surface area contributed by atoms with Crippen LogP contribution in [0.25, 0.3) is 0 Å². The topological polar surface area (TPSA) is 77.6 Å². The second-order valence-electron chi connectivity index (χ2n) is 5.65. The van der Waals surface area contributed by atoms with Crippen LogP contribution in [-0.2, 0) is 11.3 Å². The minimum absolute atomic E-state index is 0.181. The van der Waals surface area contributed by atoms with Gasteiger partial charge in [0.25, 0.3) is 5.91 Å². The van der Waals surface area contributed by atoms with Crippen LogP contribution in [0.5, 0.6) is 0 Å². The lowest BCUT2D eigenvalue weighted by Gasteiger charge is -2.12. The molecule has 0 aliphatic carbocycles. The van der Waals surface area contributed by atoms with Gasteiger partial charge in [0.2, 0.25) is 5.95 Å². The summed E-state index contributed by atoms with van der Waals surface area (Å²) in [6, 6.07) is 4.71. The first kappa shape index (κ1) is 18.7. The summed E-state index contributed by atoms with van der Waals surface area (Å²) < 4.78 is 3.08.